The monoisotopic (exact) mass is 224 g/mol. The zero-order valence-electron chi connectivity index (χ0n) is 9.28. The molecule has 15 heavy (non-hydrogen) atoms. The summed E-state index contributed by atoms with van der Waals surface area (Å²) in [7, 11) is -0.0988. The average molecular weight is 224 g/mol. The lowest BCUT2D eigenvalue weighted by Gasteiger charge is -2.10. The number of hydrogen-bond acceptors (Lipinski definition) is 2. The van der Waals surface area contributed by atoms with Gasteiger partial charge in [-0.05, 0) is 48.6 Å². The van der Waals surface area contributed by atoms with Crippen molar-refractivity contribution in [2.45, 2.75) is 11.8 Å². The Hall–Kier alpha value is -1.22. The summed E-state index contributed by atoms with van der Waals surface area (Å²) in [6.07, 6.45) is 4.37. The topological polar surface area (TPSA) is 26.3 Å². The van der Waals surface area contributed by atoms with Crippen molar-refractivity contribution in [1.29, 1.82) is 0 Å². The third-order valence-corrected chi connectivity index (χ3v) is 3.24. The normalized spacial score (nSPS) is 10.7. The van der Waals surface area contributed by atoms with Gasteiger partial charge < -0.3 is 4.74 Å². The first-order chi connectivity index (χ1) is 7.00. The molecule has 0 atom stereocenters. The maximum Gasteiger partial charge on any atom is 0.338 e. The van der Waals surface area contributed by atoms with E-state index in [9.17, 15) is 4.79 Å². The van der Waals surface area contributed by atoms with Crippen LogP contribution in [0.2, 0.25) is 0 Å². The van der Waals surface area contributed by atoms with Gasteiger partial charge in [-0.3, -0.25) is 0 Å². The molecule has 0 amide bonds. The smallest absolute Gasteiger partial charge is 0.338 e. The van der Waals surface area contributed by atoms with E-state index in [0.29, 0.717) is 11.3 Å². The molecule has 3 heteroatoms. The summed E-state index contributed by atoms with van der Waals surface area (Å²) in [4.78, 5) is 12.5. The summed E-state index contributed by atoms with van der Waals surface area (Å²) in [6.45, 7) is 5.16. The van der Waals surface area contributed by atoms with Crippen LogP contribution >= 0.6 is 10.9 Å². The van der Waals surface area contributed by atoms with Crippen LogP contribution in [0.1, 0.15) is 6.92 Å². The van der Waals surface area contributed by atoms with Crippen molar-refractivity contribution in [3.05, 3.63) is 36.4 Å². The van der Waals surface area contributed by atoms with Gasteiger partial charge in [-0.2, -0.15) is 0 Å². The first-order valence-electron chi connectivity index (χ1n) is 4.66. The average Bonchev–Trinajstić information content (AvgIpc) is 2.18. The van der Waals surface area contributed by atoms with Crippen LogP contribution in [0.25, 0.3) is 0 Å². The second-order valence-electron chi connectivity index (χ2n) is 3.56. The predicted octanol–water partition coefficient (Wildman–Crippen LogP) is 2.79. The number of thiol groups is 1. The highest BCUT2D eigenvalue weighted by atomic mass is 32.2. The van der Waals surface area contributed by atoms with Crippen molar-refractivity contribution in [2.24, 2.45) is 0 Å². The fourth-order valence-electron chi connectivity index (χ4n) is 1.01. The van der Waals surface area contributed by atoms with Gasteiger partial charge in [-0.15, -0.1) is 0 Å². The highest BCUT2D eigenvalue weighted by Crippen LogP contribution is 2.29. The quantitative estimate of drug-likeness (QED) is 0.370. The van der Waals surface area contributed by atoms with Crippen molar-refractivity contribution in [1.82, 2.24) is 0 Å². The molecule has 82 valence electrons. The van der Waals surface area contributed by atoms with Gasteiger partial charge >= 0.3 is 5.97 Å². The van der Waals surface area contributed by atoms with Crippen LogP contribution in [0, 0.1) is 0 Å². The Balaban J connectivity index is 2.73. The maximum atomic E-state index is 11.2. The van der Waals surface area contributed by atoms with E-state index in [1.165, 1.54) is 4.90 Å². The number of rotatable bonds is 3. The van der Waals surface area contributed by atoms with Crippen LogP contribution < -0.4 is 4.74 Å². The van der Waals surface area contributed by atoms with E-state index in [-0.39, 0.29) is 16.9 Å². The molecule has 0 fully saturated rings. The van der Waals surface area contributed by atoms with E-state index in [4.69, 9.17) is 4.74 Å². The first kappa shape index (κ1) is 11.9. The van der Waals surface area contributed by atoms with E-state index >= 15 is 0 Å². The third-order valence-electron chi connectivity index (χ3n) is 1.91. The lowest BCUT2D eigenvalue weighted by Crippen LogP contribution is -2.07. The lowest BCUT2D eigenvalue weighted by atomic mass is 10.3. The Labute approximate surface area is 93.3 Å². The van der Waals surface area contributed by atoms with Crippen molar-refractivity contribution < 1.29 is 9.53 Å². The molecule has 1 aromatic carbocycles. The third kappa shape index (κ3) is 3.44. The van der Waals surface area contributed by atoms with E-state index in [0.717, 1.165) is 0 Å². The van der Waals surface area contributed by atoms with Crippen LogP contribution in [0.15, 0.2) is 41.3 Å². The molecule has 1 rings (SSSR count). The minimum Gasteiger partial charge on any atom is -0.423 e. The minimum atomic E-state index is -0.377. The van der Waals surface area contributed by atoms with Crippen LogP contribution in [0.4, 0.5) is 0 Å². The minimum absolute atomic E-state index is 0.0988. The summed E-state index contributed by atoms with van der Waals surface area (Å²) in [5, 5.41) is 0. The highest BCUT2D eigenvalue weighted by Gasteiger charge is 2.04. The zero-order valence-corrected chi connectivity index (χ0v) is 10.2. The molecular formula is C12H16O2S. The van der Waals surface area contributed by atoms with Crippen LogP contribution in [-0.4, -0.2) is 18.5 Å². The molecule has 0 aliphatic carbocycles. The van der Waals surface area contributed by atoms with Gasteiger partial charge in [0.15, 0.2) is 0 Å². The SMILES string of the molecule is C=C(C)C(=O)Oc1ccc([SH](C)C)cc1. The molecule has 0 bridgehead atoms. The van der Waals surface area contributed by atoms with Gasteiger partial charge in [-0.1, -0.05) is 6.58 Å². The number of ether oxygens (including phenoxy) is 1. The number of hydrogen-bond donors (Lipinski definition) is 1. The molecule has 1 aromatic rings. The summed E-state index contributed by atoms with van der Waals surface area (Å²) < 4.78 is 5.08. The Kier molecular flexibility index (Phi) is 3.97. The summed E-state index contributed by atoms with van der Waals surface area (Å²) >= 11 is 0. The van der Waals surface area contributed by atoms with Gasteiger partial charge in [0, 0.05) is 5.57 Å². The molecule has 0 unspecified atom stereocenters. The molecule has 2 nitrogen and oxygen atoms in total. The van der Waals surface area contributed by atoms with Gasteiger partial charge in [0.1, 0.15) is 5.75 Å². The number of benzene rings is 1. The van der Waals surface area contributed by atoms with Gasteiger partial charge in [0.05, 0.1) is 0 Å². The summed E-state index contributed by atoms with van der Waals surface area (Å²) in [6, 6.07) is 7.62. The molecule has 0 saturated heterocycles. The largest absolute Gasteiger partial charge is 0.423 e. The first-order valence-corrected chi connectivity index (χ1v) is 6.89. The number of carbonyl (C=O) groups excluding carboxylic acids is 1. The van der Waals surface area contributed by atoms with Gasteiger partial charge in [0.2, 0.25) is 0 Å². The molecular weight excluding hydrogens is 208 g/mol. The molecule has 0 N–H and O–H groups in total. The summed E-state index contributed by atoms with van der Waals surface area (Å²) in [5.41, 5.74) is 0.410. The Morgan fingerprint density at radius 1 is 1.27 bits per heavy atom. The van der Waals surface area contributed by atoms with E-state index in [2.05, 4.69) is 19.1 Å². The van der Waals surface area contributed by atoms with Crippen molar-refractivity contribution >= 4 is 16.9 Å². The zero-order chi connectivity index (χ0) is 11.4. The fourth-order valence-corrected chi connectivity index (χ4v) is 1.75. The second kappa shape index (κ2) is 5.03. The maximum absolute atomic E-state index is 11.2. The van der Waals surface area contributed by atoms with Gasteiger partial charge in [-0.25, -0.2) is 15.7 Å². The van der Waals surface area contributed by atoms with E-state index in [1.807, 2.05) is 24.3 Å². The lowest BCUT2D eigenvalue weighted by molar-refractivity contribution is -0.130. The molecule has 0 spiro atoms. The van der Waals surface area contributed by atoms with Crippen LogP contribution in [-0.2, 0) is 4.79 Å². The predicted molar refractivity (Wildman–Crippen MR) is 66.0 cm³/mol. The molecule has 0 saturated carbocycles. The van der Waals surface area contributed by atoms with E-state index in [1.54, 1.807) is 6.92 Å². The standard InChI is InChI=1S/C12H16O2S/c1-9(2)12(13)14-10-5-7-11(8-6-10)15(3)4/h5-8,15H,1H2,2-4H3. The summed E-state index contributed by atoms with van der Waals surface area (Å²) in [5.74, 6) is 0.196. The molecule has 0 radical (unpaired) electrons. The van der Waals surface area contributed by atoms with Crippen molar-refractivity contribution in [3.8, 4) is 5.75 Å². The molecule has 0 aliphatic rings. The van der Waals surface area contributed by atoms with E-state index < -0.39 is 0 Å². The Bertz CT molecular complexity index is 366. The molecule has 0 heterocycles. The number of esters is 1. The van der Waals surface area contributed by atoms with Crippen LogP contribution in [0.5, 0.6) is 5.75 Å². The fraction of sp³-hybridized carbons (Fsp3) is 0.250. The van der Waals surface area contributed by atoms with Crippen molar-refractivity contribution in [2.75, 3.05) is 12.5 Å². The molecule has 0 aliphatic heterocycles. The van der Waals surface area contributed by atoms with Crippen LogP contribution in [0.3, 0.4) is 0 Å². The van der Waals surface area contributed by atoms with Crippen molar-refractivity contribution in [3.63, 3.8) is 0 Å². The molecule has 0 aromatic heterocycles. The van der Waals surface area contributed by atoms with Gasteiger partial charge in [0.25, 0.3) is 0 Å². The Morgan fingerprint density at radius 2 is 1.80 bits per heavy atom. The second-order valence-corrected chi connectivity index (χ2v) is 5.86. The Morgan fingerprint density at radius 3 is 2.20 bits per heavy atom. The number of carbonyl (C=O) groups is 1. The highest BCUT2D eigenvalue weighted by molar-refractivity contribution is 8.15.